The molecule has 0 bridgehead atoms. The number of rotatable bonds is 5. The predicted octanol–water partition coefficient (Wildman–Crippen LogP) is 4.68. The zero-order valence-electron chi connectivity index (χ0n) is 17.1. The van der Waals surface area contributed by atoms with E-state index in [2.05, 4.69) is 55.2 Å². The number of hydrogen-bond donors (Lipinski definition) is 0. The summed E-state index contributed by atoms with van der Waals surface area (Å²) in [7, 11) is 0. The van der Waals surface area contributed by atoms with Crippen LogP contribution in [0.15, 0.2) is 52.2 Å². The molecule has 7 heteroatoms. The van der Waals surface area contributed by atoms with Crippen LogP contribution in [0.25, 0.3) is 11.4 Å². The van der Waals surface area contributed by atoms with Gasteiger partial charge in [0.15, 0.2) is 11.0 Å². The molecule has 4 rings (SSSR count). The molecule has 2 atom stereocenters. The van der Waals surface area contributed by atoms with Crippen molar-refractivity contribution >= 4 is 17.7 Å². The number of cyclic esters (lactones) is 1. The Morgan fingerprint density at radius 1 is 1.17 bits per heavy atom. The maximum atomic E-state index is 12.1. The molecular weight excluding hydrogens is 386 g/mol. The maximum Gasteiger partial charge on any atom is 0.319 e. The summed E-state index contributed by atoms with van der Waals surface area (Å²) in [6.07, 6.45) is 2.26. The summed E-state index contributed by atoms with van der Waals surface area (Å²) in [5, 5.41) is 9.26. The number of hydrogen-bond acceptors (Lipinski definition) is 6. The first-order valence-electron chi connectivity index (χ1n) is 9.75. The highest BCUT2D eigenvalue weighted by Crippen LogP contribution is 2.34. The molecule has 0 aliphatic carbocycles. The molecule has 0 N–H and O–H groups in total. The Morgan fingerprint density at radius 2 is 1.93 bits per heavy atom. The number of carbonyl (C=O) groups excluding carboxylic acids is 1. The average Bonchev–Trinajstić information content (AvgIpc) is 3.38. The molecular formula is C22H25N3O3S. The number of ether oxygens (including phenoxy) is 1. The van der Waals surface area contributed by atoms with E-state index in [4.69, 9.17) is 9.15 Å². The second kappa shape index (κ2) is 7.71. The van der Waals surface area contributed by atoms with E-state index in [1.807, 2.05) is 23.6 Å². The fourth-order valence-electron chi connectivity index (χ4n) is 3.35. The van der Waals surface area contributed by atoms with Gasteiger partial charge >= 0.3 is 5.97 Å². The van der Waals surface area contributed by atoms with Crippen molar-refractivity contribution in [2.45, 2.75) is 62.6 Å². The van der Waals surface area contributed by atoms with Crippen LogP contribution in [-0.4, -0.2) is 32.1 Å². The second-order valence-corrected chi connectivity index (χ2v) is 9.56. The summed E-state index contributed by atoms with van der Waals surface area (Å²) in [5.74, 6) is 1.37. The van der Waals surface area contributed by atoms with Crippen LogP contribution in [0.3, 0.4) is 0 Å². The van der Waals surface area contributed by atoms with Crippen molar-refractivity contribution in [3.05, 3.63) is 54.0 Å². The summed E-state index contributed by atoms with van der Waals surface area (Å²) in [6.45, 7) is 8.98. The van der Waals surface area contributed by atoms with Gasteiger partial charge in [0, 0.05) is 12.0 Å². The van der Waals surface area contributed by atoms with Crippen LogP contribution in [0.5, 0.6) is 0 Å². The predicted molar refractivity (Wildman–Crippen MR) is 112 cm³/mol. The van der Waals surface area contributed by atoms with Gasteiger partial charge in [-0.1, -0.05) is 56.8 Å². The molecule has 0 unspecified atom stereocenters. The third-order valence-corrected chi connectivity index (χ3v) is 6.18. The van der Waals surface area contributed by atoms with Crippen LogP contribution < -0.4 is 0 Å². The Kier molecular flexibility index (Phi) is 5.25. The van der Waals surface area contributed by atoms with Crippen LogP contribution in [0.2, 0.25) is 0 Å². The van der Waals surface area contributed by atoms with Gasteiger partial charge in [-0.05, 0) is 30.0 Å². The number of carbonyl (C=O) groups is 1. The number of furan rings is 1. The molecule has 1 fully saturated rings. The standard InChI is InChI=1S/C22H25N3O3S/c1-14-12-18(20(26)28-14)29-21-24-23-19(25(21)13-17-6-5-11-27-17)15-7-9-16(10-8-15)22(2,3)4/h5-11,14,18H,12-13H2,1-4H3/t14-,18+/m1/s1. The molecule has 0 amide bonds. The third-order valence-electron chi connectivity index (χ3n) is 4.99. The highest BCUT2D eigenvalue weighted by atomic mass is 32.2. The normalized spacial score (nSPS) is 19.5. The summed E-state index contributed by atoms with van der Waals surface area (Å²) < 4.78 is 12.8. The van der Waals surface area contributed by atoms with Gasteiger partial charge in [0.1, 0.15) is 17.1 Å². The van der Waals surface area contributed by atoms with Crippen molar-refractivity contribution in [1.29, 1.82) is 0 Å². The summed E-state index contributed by atoms with van der Waals surface area (Å²) >= 11 is 1.41. The van der Waals surface area contributed by atoms with Crippen molar-refractivity contribution in [2.24, 2.45) is 0 Å². The van der Waals surface area contributed by atoms with Crippen molar-refractivity contribution in [2.75, 3.05) is 0 Å². The first-order valence-corrected chi connectivity index (χ1v) is 10.6. The zero-order chi connectivity index (χ0) is 20.6. The summed E-state index contributed by atoms with van der Waals surface area (Å²) in [4.78, 5) is 12.1. The van der Waals surface area contributed by atoms with Gasteiger partial charge in [0.05, 0.1) is 12.8 Å². The van der Waals surface area contributed by atoms with E-state index in [0.717, 1.165) is 17.1 Å². The Balaban J connectivity index is 1.68. The van der Waals surface area contributed by atoms with E-state index in [9.17, 15) is 4.79 Å². The zero-order valence-corrected chi connectivity index (χ0v) is 17.9. The topological polar surface area (TPSA) is 70.2 Å². The molecule has 0 saturated carbocycles. The lowest BCUT2D eigenvalue weighted by atomic mass is 9.87. The number of benzene rings is 1. The van der Waals surface area contributed by atoms with Gasteiger partial charge in [-0.15, -0.1) is 10.2 Å². The van der Waals surface area contributed by atoms with Crippen molar-refractivity contribution in [3.8, 4) is 11.4 Å². The van der Waals surface area contributed by atoms with E-state index in [1.165, 1.54) is 17.3 Å². The maximum absolute atomic E-state index is 12.1. The molecule has 152 valence electrons. The molecule has 6 nitrogen and oxygen atoms in total. The minimum Gasteiger partial charge on any atom is -0.467 e. The average molecular weight is 412 g/mol. The van der Waals surface area contributed by atoms with E-state index in [-0.39, 0.29) is 22.7 Å². The molecule has 1 aliphatic heterocycles. The monoisotopic (exact) mass is 411 g/mol. The molecule has 2 aromatic heterocycles. The Hall–Kier alpha value is -2.54. The lowest BCUT2D eigenvalue weighted by Crippen LogP contribution is -2.12. The minimum atomic E-state index is -0.263. The molecule has 0 radical (unpaired) electrons. The number of esters is 1. The molecule has 3 aromatic rings. The fourth-order valence-corrected chi connectivity index (χ4v) is 4.49. The number of nitrogens with zero attached hydrogens (tertiary/aromatic N) is 3. The minimum absolute atomic E-state index is 0.0640. The van der Waals surface area contributed by atoms with Crippen LogP contribution >= 0.6 is 11.8 Å². The number of thioether (sulfide) groups is 1. The molecule has 1 saturated heterocycles. The van der Waals surface area contributed by atoms with Crippen molar-refractivity contribution in [1.82, 2.24) is 14.8 Å². The summed E-state index contributed by atoms with van der Waals surface area (Å²) in [5.41, 5.74) is 2.32. The van der Waals surface area contributed by atoms with E-state index in [0.29, 0.717) is 18.1 Å². The molecule has 1 aliphatic rings. The quantitative estimate of drug-likeness (QED) is 0.568. The van der Waals surface area contributed by atoms with E-state index < -0.39 is 0 Å². The molecule has 29 heavy (non-hydrogen) atoms. The largest absolute Gasteiger partial charge is 0.467 e. The highest BCUT2D eigenvalue weighted by molar-refractivity contribution is 8.00. The second-order valence-electron chi connectivity index (χ2n) is 8.39. The molecule has 0 spiro atoms. The van der Waals surface area contributed by atoms with Gasteiger partial charge in [-0.2, -0.15) is 0 Å². The summed E-state index contributed by atoms with van der Waals surface area (Å²) in [6, 6.07) is 12.2. The molecule has 1 aromatic carbocycles. The van der Waals surface area contributed by atoms with Gasteiger partial charge in [0.2, 0.25) is 0 Å². The number of aromatic nitrogens is 3. The van der Waals surface area contributed by atoms with E-state index >= 15 is 0 Å². The van der Waals surface area contributed by atoms with Crippen LogP contribution in [0.1, 0.15) is 45.4 Å². The smallest absolute Gasteiger partial charge is 0.319 e. The lowest BCUT2D eigenvalue weighted by Gasteiger charge is -2.19. The first kappa shape index (κ1) is 19.8. The van der Waals surface area contributed by atoms with Gasteiger partial charge in [0.25, 0.3) is 0 Å². The Bertz CT molecular complexity index is 987. The first-order chi connectivity index (χ1) is 13.8. The van der Waals surface area contributed by atoms with Gasteiger partial charge < -0.3 is 9.15 Å². The van der Waals surface area contributed by atoms with Crippen LogP contribution in [0.4, 0.5) is 0 Å². The van der Waals surface area contributed by atoms with Crippen molar-refractivity contribution < 1.29 is 13.9 Å². The third kappa shape index (κ3) is 4.24. The highest BCUT2D eigenvalue weighted by Gasteiger charge is 2.34. The van der Waals surface area contributed by atoms with E-state index in [1.54, 1.807) is 6.26 Å². The lowest BCUT2D eigenvalue weighted by molar-refractivity contribution is -0.140. The van der Waals surface area contributed by atoms with Crippen LogP contribution in [-0.2, 0) is 21.5 Å². The SMILES string of the molecule is C[C@@H]1C[C@H](Sc2nnc(-c3ccc(C(C)(C)C)cc3)n2Cc2ccco2)C(=O)O1. The fraction of sp³-hybridized carbons (Fsp3) is 0.409. The van der Waals surface area contributed by atoms with Crippen LogP contribution in [0, 0.1) is 0 Å². The van der Waals surface area contributed by atoms with Gasteiger partial charge in [-0.25, -0.2) is 0 Å². The Morgan fingerprint density at radius 3 is 2.52 bits per heavy atom. The van der Waals surface area contributed by atoms with Gasteiger partial charge in [-0.3, -0.25) is 9.36 Å². The molecule has 3 heterocycles. The van der Waals surface area contributed by atoms with Crippen molar-refractivity contribution in [3.63, 3.8) is 0 Å². The Labute approximate surface area is 174 Å².